The van der Waals surface area contributed by atoms with Crippen LogP contribution in [-0.2, 0) is 0 Å². The fourth-order valence-corrected chi connectivity index (χ4v) is 3.99. The number of rotatable bonds is 4. The van der Waals surface area contributed by atoms with Gasteiger partial charge in [0.25, 0.3) is 0 Å². The number of nitrogens with zero attached hydrogens (tertiary/aromatic N) is 1. The van der Waals surface area contributed by atoms with Crippen molar-refractivity contribution in [3.8, 4) is 21.9 Å². The molecular weight excluding hydrogens is 352 g/mol. The summed E-state index contributed by atoms with van der Waals surface area (Å²) in [5.41, 5.74) is 2.40. The number of anilines is 1. The Morgan fingerprint density at radius 1 is 0.840 bits per heavy atom. The van der Waals surface area contributed by atoms with Gasteiger partial charge < -0.3 is 15.0 Å². The zero-order chi connectivity index (χ0) is 17.1. The second-order valence-corrected chi connectivity index (χ2v) is 7.68. The molecule has 1 aliphatic heterocycles. The minimum atomic E-state index is 0.805. The minimum Gasteiger partial charge on any atom is -0.457 e. The average molecular weight is 371 g/mol. The quantitative estimate of drug-likeness (QED) is 0.677. The van der Waals surface area contributed by atoms with Crippen molar-refractivity contribution in [2.24, 2.45) is 0 Å². The Hall–Kier alpha value is -2.01. The first-order valence-corrected chi connectivity index (χ1v) is 9.57. The number of hydrogen-bond acceptors (Lipinski definition) is 4. The normalized spacial score (nSPS) is 14.5. The molecule has 0 aliphatic carbocycles. The van der Waals surface area contributed by atoms with E-state index in [-0.39, 0.29) is 0 Å². The Morgan fingerprint density at radius 3 is 2.08 bits per heavy atom. The molecule has 0 unspecified atom stereocenters. The second-order valence-electron chi connectivity index (χ2n) is 5.96. The molecule has 1 aromatic heterocycles. The van der Waals surface area contributed by atoms with E-state index in [1.165, 1.54) is 5.69 Å². The van der Waals surface area contributed by atoms with Gasteiger partial charge in [0.2, 0.25) is 0 Å². The molecule has 1 aliphatic rings. The van der Waals surface area contributed by atoms with Crippen LogP contribution in [-0.4, -0.2) is 26.2 Å². The molecule has 0 spiro atoms. The molecule has 0 radical (unpaired) electrons. The number of benzene rings is 2. The summed E-state index contributed by atoms with van der Waals surface area (Å²) in [6.07, 6.45) is 0. The molecule has 0 bridgehead atoms. The summed E-state index contributed by atoms with van der Waals surface area (Å²) in [7, 11) is 0. The summed E-state index contributed by atoms with van der Waals surface area (Å²) in [4.78, 5) is 3.55. The molecular formula is C20H19ClN2OS. The third-order valence-electron chi connectivity index (χ3n) is 4.27. The molecule has 2 heterocycles. The Balaban J connectivity index is 1.43. The topological polar surface area (TPSA) is 24.5 Å². The molecule has 3 aromatic rings. The zero-order valence-corrected chi connectivity index (χ0v) is 15.3. The maximum absolute atomic E-state index is 6.00. The van der Waals surface area contributed by atoms with Gasteiger partial charge in [0.05, 0.1) is 4.34 Å². The Kier molecular flexibility index (Phi) is 4.92. The Labute approximate surface area is 156 Å². The van der Waals surface area contributed by atoms with Gasteiger partial charge in [0.1, 0.15) is 11.5 Å². The molecule has 25 heavy (non-hydrogen) atoms. The van der Waals surface area contributed by atoms with Crippen molar-refractivity contribution in [2.75, 3.05) is 31.1 Å². The highest BCUT2D eigenvalue weighted by molar-refractivity contribution is 7.19. The van der Waals surface area contributed by atoms with E-state index in [4.69, 9.17) is 16.3 Å². The summed E-state index contributed by atoms with van der Waals surface area (Å²) in [6, 6.07) is 20.4. The van der Waals surface area contributed by atoms with E-state index in [1.54, 1.807) is 11.3 Å². The van der Waals surface area contributed by atoms with Crippen molar-refractivity contribution in [3.05, 3.63) is 65.0 Å². The van der Waals surface area contributed by atoms with E-state index < -0.39 is 0 Å². The van der Waals surface area contributed by atoms with E-state index in [9.17, 15) is 0 Å². The number of halogens is 1. The van der Waals surface area contributed by atoms with Gasteiger partial charge in [-0.2, -0.15) is 0 Å². The van der Waals surface area contributed by atoms with Crippen LogP contribution in [0.4, 0.5) is 5.69 Å². The molecule has 0 saturated carbocycles. The van der Waals surface area contributed by atoms with Crippen molar-refractivity contribution in [1.29, 1.82) is 0 Å². The van der Waals surface area contributed by atoms with Gasteiger partial charge in [-0.15, -0.1) is 11.3 Å². The molecule has 3 nitrogen and oxygen atoms in total. The largest absolute Gasteiger partial charge is 0.457 e. The molecule has 128 valence electrons. The fraction of sp³-hybridized carbons (Fsp3) is 0.200. The maximum atomic E-state index is 6.00. The van der Waals surface area contributed by atoms with Crippen molar-refractivity contribution >= 4 is 28.6 Å². The smallest absolute Gasteiger partial charge is 0.127 e. The van der Waals surface area contributed by atoms with Crippen LogP contribution in [0.1, 0.15) is 0 Å². The summed E-state index contributed by atoms with van der Waals surface area (Å²) in [6.45, 7) is 4.18. The minimum absolute atomic E-state index is 0.805. The van der Waals surface area contributed by atoms with Crippen LogP contribution in [0.25, 0.3) is 10.4 Å². The van der Waals surface area contributed by atoms with Crippen molar-refractivity contribution < 1.29 is 4.74 Å². The zero-order valence-electron chi connectivity index (χ0n) is 13.7. The Morgan fingerprint density at radius 2 is 1.48 bits per heavy atom. The molecule has 2 aromatic carbocycles. The molecule has 1 fully saturated rings. The monoisotopic (exact) mass is 370 g/mol. The average Bonchev–Trinajstić information content (AvgIpc) is 3.10. The molecule has 0 atom stereocenters. The van der Waals surface area contributed by atoms with Crippen LogP contribution in [0.15, 0.2) is 60.7 Å². The van der Waals surface area contributed by atoms with Crippen LogP contribution in [0.2, 0.25) is 4.34 Å². The summed E-state index contributed by atoms with van der Waals surface area (Å²) in [5.74, 6) is 1.69. The van der Waals surface area contributed by atoms with Gasteiger partial charge in [-0.1, -0.05) is 11.6 Å². The fourth-order valence-electron chi connectivity index (χ4n) is 2.94. The maximum Gasteiger partial charge on any atom is 0.127 e. The second kappa shape index (κ2) is 7.48. The van der Waals surface area contributed by atoms with Crippen molar-refractivity contribution in [2.45, 2.75) is 0 Å². The van der Waals surface area contributed by atoms with Gasteiger partial charge in [0.15, 0.2) is 0 Å². The van der Waals surface area contributed by atoms with Crippen molar-refractivity contribution in [3.63, 3.8) is 0 Å². The van der Waals surface area contributed by atoms with Crippen LogP contribution < -0.4 is 15.0 Å². The van der Waals surface area contributed by atoms with Crippen LogP contribution in [0.3, 0.4) is 0 Å². The van der Waals surface area contributed by atoms with E-state index in [0.29, 0.717) is 0 Å². The standard InChI is InChI=1S/C20H19ClN2OS/c21-20-10-9-19(25-20)15-1-5-17(6-2-15)24-18-7-3-16(4-8-18)23-13-11-22-12-14-23/h1-10,22H,11-14H2. The van der Waals surface area contributed by atoms with Crippen LogP contribution >= 0.6 is 22.9 Å². The lowest BCUT2D eigenvalue weighted by atomic mass is 10.2. The first-order chi connectivity index (χ1) is 12.3. The predicted molar refractivity (Wildman–Crippen MR) is 106 cm³/mol. The van der Waals surface area contributed by atoms with Gasteiger partial charge >= 0.3 is 0 Å². The highest BCUT2D eigenvalue weighted by Crippen LogP contribution is 2.32. The SMILES string of the molecule is Clc1ccc(-c2ccc(Oc3ccc(N4CCNCC4)cc3)cc2)s1. The van der Waals surface area contributed by atoms with Crippen molar-refractivity contribution in [1.82, 2.24) is 5.32 Å². The Bertz CT molecular complexity index is 824. The molecule has 0 amide bonds. The number of thiophene rings is 1. The first kappa shape index (κ1) is 16.5. The van der Waals surface area contributed by atoms with E-state index in [1.807, 2.05) is 36.4 Å². The highest BCUT2D eigenvalue weighted by atomic mass is 35.5. The van der Waals surface area contributed by atoms with Gasteiger partial charge in [-0.05, 0) is 66.2 Å². The van der Waals surface area contributed by atoms with E-state index >= 15 is 0 Å². The third kappa shape index (κ3) is 3.98. The molecule has 1 saturated heterocycles. The third-order valence-corrected chi connectivity index (χ3v) is 5.55. The molecule has 4 rings (SSSR count). The number of nitrogens with one attached hydrogen (secondary N) is 1. The highest BCUT2D eigenvalue weighted by Gasteiger charge is 2.10. The van der Waals surface area contributed by atoms with Gasteiger partial charge in [0, 0.05) is 36.7 Å². The van der Waals surface area contributed by atoms with E-state index in [2.05, 4.69) is 34.5 Å². The number of ether oxygens (including phenoxy) is 1. The van der Waals surface area contributed by atoms with Crippen LogP contribution in [0, 0.1) is 0 Å². The van der Waals surface area contributed by atoms with Crippen LogP contribution in [0.5, 0.6) is 11.5 Å². The predicted octanol–water partition coefficient (Wildman–Crippen LogP) is 5.27. The molecule has 5 heteroatoms. The van der Waals surface area contributed by atoms with Gasteiger partial charge in [-0.3, -0.25) is 0 Å². The van der Waals surface area contributed by atoms with E-state index in [0.717, 1.165) is 52.5 Å². The lowest BCUT2D eigenvalue weighted by Gasteiger charge is -2.29. The summed E-state index contributed by atoms with van der Waals surface area (Å²) in [5, 5.41) is 3.37. The number of piperazine rings is 1. The number of hydrogen-bond donors (Lipinski definition) is 1. The summed E-state index contributed by atoms with van der Waals surface area (Å²) < 4.78 is 6.77. The lowest BCUT2D eigenvalue weighted by Crippen LogP contribution is -2.43. The summed E-state index contributed by atoms with van der Waals surface area (Å²) >= 11 is 7.59. The lowest BCUT2D eigenvalue weighted by molar-refractivity contribution is 0.482. The first-order valence-electron chi connectivity index (χ1n) is 8.37. The molecule has 1 N–H and O–H groups in total. The van der Waals surface area contributed by atoms with Gasteiger partial charge in [-0.25, -0.2) is 0 Å².